The van der Waals surface area contributed by atoms with Gasteiger partial charge in [-0.1, -0.05) is 44.4 Å². The van der Waals surface area contributed by atoms with Crippen LogP contribution >= 0.6 is 0 Å². The van der Waals surface area contributed by atoms with Crippen LogP contribution in [0.5, 0.6) is 0 Å². The molecular weight excluding hydrogens is 303 g/mol. The largest absolute Gasteiger partial charge is 0.416 e. The quantitative estimate of drug-likeness (QED) is 0.724. The van der Waals surface area contributed by atoms with Gasteiger partial charge in [0.2, 0.25) is 0 Å². The summed E-state index contributed by atoms with van der Waals surface area (Å²) in [4.78, 5) is 4.25. The lowest BCUT2D eigenvalue weighted by Gasteiger charge is -2.11. The van der Waals surface area contributed by atoms with Gasteiger partial charge in [-0.05, 0) is 30.2 Å². The molecular formula is C18H20F3NO. The highest BCUT2D eigenvalue weighted by Crippen LogP contribution is 2.30. The van der Waals surface area contributed by atoms with E-state index in [1.165, 1.54) is 12.1 Å². The topological polar surface area (TPSA) is 33.1 Å². The minimum Gasteiger partial charge on any atom is -0.388 e. The van der Waals surface area contributed by atoms with Crippen molar-refractivity contribution in [2.75, 3.05) is 0 Å². The van der Waals surface area contributed by atoms with Gasteiger partial charge in [0.1, 0.15) is 0 Å². The predicted molar refractivity (Wildman–Crippen MR) is 83.8 cm³/mol. The number of nitrogens with zero attached hydrogens (tertiary/aromatic N) is 1. The summed E-state index contributed by atoms with van der Waals surface area (Å²) in [5.41, 5.74) is 1.26. The van der Waals surface area contributed by atoms with Crippen LogP contribution in [0, 0.1) is 0 Å². The second kappa shape index (κ2) is 7.59. The number of hydrogen-bond donors (Lipinski definition) is 1. The highest BCUT2D eigenvalue weighted by Gasteiger charge is 2.29. The third-order valence-corrected chi connectivity index (χ3v) is 3.76. The number of aliphatic hydroxyl groups excluding tert-OH is 1. The molecule has 1 N–H and O–H groups in total. The van der Waals surface area contributed by atoms with E-state index in [0.717, 1.165) is 37.0 Å². The van der Waals surface area contributed by atoms with Crippen molar-refractivity contribution in [2.24, 2.45) is 0 Å². The van der Waals surface area contributed by atoms with Gasteiger partial charge in [-0.25, -0.2) is 0 Å². The molecule has 0 radical (unpaired) electrons. The van der Waals surface area contributed by atoms with Gasteiger partial charge < -0.3 is 5.11 Å². The molecule has 1 heterocycles. The molecule has 5 heteroatoms. The second-order valence-electron chi connectivity index (χ2n) is 5.56. The van der Waals surface area contributed by atoms with E-state index in [0.29, 0.717) is 17.7 Å². The zero-order valence-corrected chi connectivity index (χ0v) is 13.0. The smallest absolute Gasteiger partial charge is 0.388 e. The van der Waals surface area contributed by atoms with Crippen LogP contribution in [-0.2, 0) is 6.18 Å². The SMILES string of the molecule is CCCCC[C@@H](O)c1ccc(-c2ccc(C(F)(F)F)cc2)nc1. The van der Waals surface area contributed by atoms with Gasteiger partial charge in [0.05, 0.1) is 17.4 Å². The number of alkyl halides is 3. The molecule has 1 atom stereocenters. The van der Waals surface area contributed by atoms with Crippen molar-refractivity contribution in [3.63, 3.8) is 0 Å². The Labute approximate surface area is 134 Å². The number of unbranched alkanes of at least 4 members (excludes halogenated alkanes) is 2. The molecule has 0 fully saturated rings. The van der Waals surface area contributed by atoms with Crippen LogP contribution in [0.25, 0.3) is 11.3 Å². The molecule has 0 unspecified atom stereocenters. The molecule has 0 aliphatic rings. The predicted octanol–water partition coefficient (Wildman–Crippen LogP) is 5.38. The van der Waals surface area contributed by atoms with Gasteiger partial charge in [0.25, 0.3) is 0 Å². The van der Waals surface area contributed by atoms with Crippen LogP contribution in [-0.4, -0.2) is 10.1 Å². The summed E-state index contributed by atoms with van der Waals surface area (Å²) in [5.74, 6) is 0. The van der Waals surface area contributed by atoms with Gasteiger partial charge in [0.15, 0.2) is 0 Å². The van der Waals surface area contributed by atoms with Crippen molar-refractivity contribution in [2.45, 2.75) is 44.9 Å². The number of rotatable bonds is 6. The molecule has 0 saturated carbocycles. The maximum absolute atomic E-state index is 12.5. The fourth-order valence-electron chi connectivity index (χ4n) is 2.36. The van der Waals surface area contributed by atoms with E-state index in [1.54, 1.807) is 18.3 Å². The van der Waals surface area contributed by atoms with Gasteiger partial charge in [-0.2, -0.15) is 13.2 Å². The minimum atomic E-state index is -4.33. The summed E-state index contributed by atoms with van der Waals surface area (Å²) in [6.45, 7) is 2.10. The zero-order chi connectivity index (χ0) is 16.9. The van der Waals surface area contributed by atoms with Crippen LogP contribution < -0.4 is 0 Å². The molecule has 0 bridgehead atoms. The highest BCUT2D eigenvalue weighted by atomic mass is 19.4. The fraction of sp³-hybridized carbons (Fsp3) is 0.389. The standard InChI is InChI=1S/C18H20F3NO/c1-2-3-4-5-17(23)14-8-11-16(22-12-14)13-6-9-15(10-7-13)18(19,20)21/h6-12,17,23H,2-5H2,1H3/t17-/m1/s1. The summed E-state index contributed by atoms with van der Waals surface area (Å²) in [7, 11) is 0. The molecule has 124 valence electrons. The first-order valence-electron chi connectivity index (χ1n) is 7.73. The molecule has 0 amide bonds. The number of halogens is 3. The summed E-state index contributed by atoms with van der Waals surface area (Å²) in [6, 6.07) is 8.40. The van der Waals surface area contributed by atoms with Crippen molar-refractivity contribution < 1.29 is 18.3 Å². The molecule has 0 aliphatic carbocycles. The number of aromatic nitrogens is 1. The molecule has 2 aromatic rings. The Morgan fingerprint density at radius 1 is 1.04 bits per heavy atom. The number of benzene rings is 1. The Morgan fingerprint density at radius 2 is 1.74 bits per heavy atom. The summed E-state index contributed by atoms with van der Waals surface area (Å²) < 4.78 is 37.6. The summed E-state index contributed by atoms with van der Waals surface area (Å²) in [5, 5.41) is 10.1. The normalized spacial score (nSPS) is 13.1. The van der Waals surface area contributed by atoms with E-state index < -0.39 is 17.8 Å². The molecule has 0 aliphatic heterocycles. The van der Waals surface area contributed by atoms with Gasteiger partial charge in [-0.3, -0.25) is 4.98 Å². The average molecular weight is 323 g/mol. The van der Waals surface area contributed by atoms with E-state index in [9.17, 15) is 18.3 Å². The lowest BCUT2D eigenvalue weighted by molar-refractivity contribution is -0.137. The third kappa shape index (κ3) is 4.79. The molecule has 23 heavy (non-hydrogen) atoms. The van der Waals surface area contributed by atoms with Crippen molar-refractivity contribution in [1.29, 1.82) is 0 Å². The van der Waals surface area contributed by atoms with E-state index in [1.807, 2.05) is 0 Å². The number of hydrogen-bond acceptors (Lipinski definition) is 2. The van der Waals surface area contributed by atoms with Gasteiger partial charge >= 0.3 is 6.18 Å². The summed E-state index contributed by atoms with van der Waals surface area (Å²) in [6.07, 6.45) is 0.525. The van der Waals surface area contributed by atoms with Crippen LogP contribution in [0.4, 0.5) is 13.2 Å². The van der Waals surface area contributed by atoms with Gasteiger partial charge in [-0.15, -0.1) is 0 Å². The van der Waals surface area contributed by atoms with E-state index in [2.05, 4.69) is 11.9 Å². The zero-order valence-electron chi connectivity index (χ0n) is 13.0. The van der Waals surface area contributed by atoms with E-state index in [4.69, 9.17) is 0 Å². The van der Waals surface area contributed by atoms with Crippen molar-refractivity contribution >= 4 is 0 Å². The maximum atomic E-state index is 12.5. The Bertz CT molecular complexity index is 606. The molecule has 0 spiro atoms. The Hall–Kier alpha value is -1.88. The first-order valence-corrected chi connectivity index (χ1v) is 7.73. The first-order chi connectivity index (χ1) is 10.9. The molecule has 2 rings (SSSR count). The van der Waals surface area contributed by atoms with Crippen molar-refractivity contribution in [3.05, 3.63) is 53.7 Å². The van der Waals surface area contributed by atoms with E-state index in [-0.39, 0.29) is 0 Å². The fourth-order valence-corrected chi connectivity index (χ4v) is 2.36. The van der Waals surface area contributed by atoms with Crippen LogP contribution in [0.15, 0.2) is 42.6 Å². The van der Waals surface area contributed by atoms with Crippen LogP contribution in [0.2, 0.25) is 0 Å². The molecule has 0 saturated heterocycles. The molecule has 2 nitrogen and oxygen atoms in total. The lowest BCUT2D eigenvalue weighted by Crippen LogP contribution is -2.04. The van der Waals surface area contributed by atoms with Crippen LogP contribution in [0.3, 0.4) is 0 Å². The lowest BCUT2D eigenvalue weighted by atomic mass is 10.0. The first kappa shape index (κ1) is 17.5. The highest BCUT2D eigenvalue weighted by molar-refractivity contribution is 5.59. The van der Waals surface area contributed by atoms with E-state index >= 15 is 0 Å². The summed E-state index contributed by atoms with van der Waals surface area (Å²) >= 11 is 0. The minimum absolute atomic E-state index is 0.546. The average Bonchev–Trinajstić information content (AvgIpc) is 2.54. The molecule has 1 aromatic carbocycles. The third-order valence-electron chi connectivity index (χ3n) is 3.76. The maximum Gasteiger partial charge on any atom is 0.416 e. The number of aliphatic hydroxyl groups is 1. The van der Waals surface area contributed by atoms with Crippen molar-refractivity contribution in [3.8, 4) is 11.3 Å². The molecule has 1 aromatic heterocycles. The van der Waals surface area contributed by atoms with Crippen LogP contribution in [0.1, 0.15) is 49.8 Å². The van der Waals surface area contributed by atoms with Crippen molar-refractivity contribution in [1.82, 2.24) is 4.98 Å². The number of pyridine rings is 1. The monoisotopic (exact) mass is 323 g/mol. The Balaban J connectivity index is 2.07. The Kier molecular flexibility index (Phi) is 5.77. The Morgan fingerprint density at radius 3 is 2.26 bits per heavy atom. The second-order valence-corrected chi connectivity index (χ2v) is 5.56. The van der Waals surface area contributed by atoms with Gasteiger partial charge in [0, 0.05) is 11.8 Å².